The van der Waals surface area contributed by atoms with Crippen molar-refractivity contribution in [2.75, 3.05) is 0 Å². The number of hydrogen-bond donors (Lipinski definition) is 2. The molecule has 0 amide bonds. The first-order valence-corrected chi connectivity index (χ1v) is 7.73. The summed E-state index contributed by atoms with van der Waals surface area (Å²) in [5, 5.41) is 0.386. The van der Waals surface area contributed by atoms with E-state index in [2.05, 4.69) is 4.40 Å². The van der Waals surface area contributed by atoms with Gasteiger partial charge in [0.1, 0.15) is 4.90 Å². The third-order valence-electron chi connectivity index (χ3n) is 2.74. The maximum absolute atomic E-state index is 12.2. The highest BCUT2D eigenvalue weighted by Crippen LogP contribution is 2.13. The molecule has 2 aromatic rings. The number of sulfonamides is 1. The molecule has 0 fully saturated rings. The Labute approximate surface area is 123 Å². The van der Waals surface area contributed by atoms with Crippen molar-refractivity contribution >= 4 is 27.5 Å². The minimum atomic E-state index is -3.71. The first-order valence-electron chi connectivity index (χ1n) is 5.87. The maximum atomic E-state index is 12.2. The summed E-state index contributed by atoms with van der Waals surface area (Å²) >= 11 is 5.98. The molecule has 0 radical (unpaired) electrons. The summed E-state index contributed by atoms with van der Waals surface area (Å²) in [6, 6.07) is 13.3. The third-order valence-corrected chi connectivity index (χ3v) is 4.45. The highest BCUT2D eigenvalue weighted by molar-refractivity contribution is 7.84. The Morgan fingerprint density at radius 1 is 1.10 bits per heavy atom. The van der Waals surface area contributed by atoms with Crippen molar-refractivity contribution in [3.63, 3.8) is 0 Å². The van der Waals surface area contributed by atoms with Gasteiger partial charge in [0.2, 0.25) is 0 Å². The number of benzene rings is 2. The van der Waals surface area contributed by atoms with Crippen LogP contribution in [-0.2, 0) is 10.0 Å². The minimum absolute atomic E-state index is 0.00354. The normalized spacial score (nSPS) is 12.4. The molecule has 4 nitrogen and oxygen atoms in total. The lowest BCUT2D eigenvalue weighted by molar-refractivity contribution is -0.267. The molecule has 0 spiro atoms. The zero-order valence-corrected chi connectivity index (χ0v) is 12.4. The second-order valence-corrected chi connectivity index (χ2v) is 6.40. The van der Waals surface area contributed by atoms with Crippen molar-refractivity contribution in [1.29, 1.82) is 0 Å². The van der Waals surface area contributed by atoms with Crippen molar-refractivity contribution in [2.24, 2.45) is 5.73 Å². The van der Waals surface area contributed by atoms with Gasteiger partial charge in [-0.25, -0.2) is 0 Å². The van der Waals surface area contributed by atoms with Gasteiger partial charge in [0.05, 0.1) is 10.6 Å². The summed E-state index contributed by atoms with van der Waals surface area (Å²) in [5.41, 5.74) is 7.22. The third kappa shape index (κ3) is 3.18. The number of aryl methyl sites for hydroxylation is 1. The minimum Gasteiger partial charge on any atom is -0.286 e. The van der Waals surface area contributed by atoms with E-state index in [0.717, 1.165) is 5.56 Å². The first kappa shape index (κ1) is 14.6. The van der Waals surface area contributed by atoms with E-state index < -0.39 is 10.0 Å². The van der Waals surface area contributed by atoms with E-state index in [0.29, 0.717) is 10.6 Å². The molecule has 104 valence electrons. The summed E-state index contributed by atoms with van der Waals surface area (Å²) in [6.07, 6.45) is 0. The van der Waals surface area contributed by atoms with Crippen molar-refractivity contribution in [3.8, 4) is 0 Å². The average Bonchev–Trinajstić information content (AvgIpc) is 2.39. The molecule has 20 heavy (non-hydrogen) atoms. The van der Waals surface area contributed by atoms with E-state index in [4.69, 9.17) is 17.3 Å². The zero-order valence-electron chi connectivity index (χ0n) is 10.8. The predicted molar refractivity (Wildman–Crippen MR) is 79.1 cm³/mol. The van der Waals surface area contributed by atoms with Gasteiger partial charge in [-0.3, -0.25) is 5.73 Å². The van der Waals surface area contributed by atoms with Crippen LogP contribution in [0.25, 0.3) is 0 Å². The summed E-state index contributed by atoms with van der Waals surface area (Å²) in [4.78, 5) is 0.151. The molecule has 6 heteroatoms. The van der Waals surface area contributed by atoms with Crippen LogP contribution in [0.1, 0.15) is 11.1 Å². The van der Waals surface area contributed by atoms with Gasteiger partial charge < -0.3 is 0 Å². The van der Waals surface area contributed by atoms with Crippen molar-refractivity contribution in [3.05, 3.63) is 64.7 Å². The molecule has 0 atom stereocenters. The lowest BCUT2D eigenvalue weighted by atomic mass is 10.2. The summed E-state index contributed by atoms with van der Waals surface area (Å²) in [5.74, 6) is -0.00354. The van der Waals surface area contributed by atoms with Crippen molar-refractivity contribution in [1.82, 2.24) is 0 Å². The Balaban J connectivity index is 2.43. The molecule has 0 aliphatic heterocycles. The van der Waals surface area contributed by atoms with E-state index in [1.165, 1.54) is 12.1 Å². The van der Waals surface area contributed by atoms with Gasteiger partial charge in [-0.15, -0.1) is 0 Å². The monoisotopic (exact) mass is 309 g/mol. The van der Waals surface area contributed by atoms with Crippen LogP contribution in [0.15, 0.2) is 53.4 Å². The van der Waals surface area contributed by atoms with Crippen LogP contribution in [0.5, 0.6) is 0 Å². The SMILES string of the molecule is Cc1ccc(S(=O)(=O)[NH+]=C(N)c2ccccc2Cl)cc1. The van der Waals surface area contributed by atoms with E-state index in [9.17, 15) is 8.42 Å². The van der Waals surface area contributed by atoms with Gasteiger partial charge in [-0.2, -0.15) is 12.8 Å². The molecule has 0 saturated carbocycles. The fourth-order valence-corrected chi connectivity index (χ4v) is 2.90. The second kappa shape index (κ2) is 5.64. The lowest BCUT2D eigenvalue weighted by Gasteiger charge is -2.01. The lowest BCUT2D eigenvalue weighted by Crippen LogP contribution is -2.78. The Hall–Kier alpha value is -1.85. The molecular weight excluding hydrogens is 296 g/mol. The van der Waals surface area contributed by atoms with Crippen LogP contribution in [0.3, 0.4) is 0 Å². The highest BCUT2D eigenvalue weighted by atomic mass is 35.5. The predicted octanol–water partition coefficient (Wildman–Crippen LogP) is 0.823. The quantitative estimate of drug-likeness (QED) is 0.651. The molecule has 0 heterocycles. The summed E-state index contributed by atoms with van der Waals surface area (Å²) in [7, 11) is -3.71. The largest absolute Gasteiger partial charge is 0.328 e. The summed E-state index contributed by atoms with van der Waals surface area (Å²) in [6.45, 7) is 1.88. The van der Waals surface area contributed by atoms with Crippen LogP contribution in [-0.4, -0.2) is 14.3 Å². The molecule has 3 N–H and O–H groups in total. The van der Waals surface area contributed by atoms with Gasteiger partial charge in [-0.1, -0.05) is 41.4 Å². The van der Waals surface area contributed by atoms with Crippen molar-refractivity contribution in [2.45, 2.75) is 11.8 Å². The standard InChI is InChI=1S/C14H13ClN2O2S/c1-10-6-8-11(9-7-10)20(18,19)17-14(16)12-4-2-3-5-13(12)15/h2-9H,1H3,(H2,16,17)/p+1. The van der Waals surface area contributed by atoms with E-state index in [-0.39, 0.29) is 10.7 Å². The zero-order chi connectivity index (χ0) is 14.8. The summed E-state index contributed by atoms with van der Waals surface area (Å²) < 4.78 is 26.7. The Morgan fingerprint density at radius 3 is 2.30 bits per heavy atom. The van der Waals surface area contributed by atoms with Crippen molar-refractivity contribution < 1.29 is 12.8 Å². The second-order valence-electron chi connectivity index (χ2n) is 4.31. The average molecular weight is 310 g/mol. The molecule has 0 aliphatic rings. The molecule has 0 aromatic heterocycles. The number of nitrogens with two attached hydrogens (primary N) is 1. The van der Waals surface area contributed by atoms with E-state index in [1.54, 1.807) is 36.4 Å². The molecule has 0 aliphatic carbocycles. The fourth-order valence-electron chi connectivity index (χ4n) is 1.66. The number of amidine groups is 1. The van der Waals surface area contributed by atoms with Gasteiger partial charge in [0, 0.05) is 0 Å². The Bertz CT molecular complexity index is 753. The van der Waals surface area contributed by atoms with Crippen LogP contribution in [0.4, 0.5) is 0 Å². The number of halogens is 1. The fraction of sp³-hybridized carbons (Fsp3) is 0.0714. The maximum Gasteiger partial charge on any atom is 0.328 e. The van der Waals surface area contributed by atoms with E-state index >= 15 is 0 Å². The van der Waals surface area contributed by atoms with Gasteiger partial charge in [0.15, 0.2) is 0 Å². The molecule has 0 saturated heterocycles. The van der Waals surface area contributed by atoms with Gasteiger partial charge in [0.25, 0.3) is 5.84 Å². The molecule has 0 bridgehead atoms. The molecular formula is C14H14ClN2O2S+. The van der Waals surface area contributed by atoms with E-state index in [1.807, 2.05) is 6.92 Å². The van der Waals surface area contributed by atoms with Crippen LogP contribution < -0.4 is 10.1 Å². The topological polar surface area (TPSA) is 74.1 Å². The van der Waals surface area contributed by atoms with Crippen LogP contribution in [0.2, 0.25) is 5.02 Å². The van der Waals surface area contributed by atoms with Crippen LogP contribution >= 0.6 is 11.6 Å². The molecule has 2 aromatic carbocycles. The number of hydrogen-bond acceptors (Lipinski definition) is 2. The highest BCUT2D eigenvalue weighted by Gasteiger charge is 2.18. The Morgan fingerprint density at radius 2 is 1.70 bits per heavy atom. The number of rotatable bonds is 3. The van der Waals surface area contributed by atoms with Gasteiger partial charge >= 0.3 is 10.0 Å². The van der Waals surface area contributed by atoms with Crippen LogP contribution in [0, 0.1) is 6.92 Å². The van der Waals surface area contributed by atoms with Gasteiger partial charge in [-0.05, 0) is 31.2 Å². The molecule has 2 rings (SSSR count). The first-order chi connectivity index (χ1) is 9.40. The molecule has 0 unspecified atom stereocenters. The number of nitrogens with one attached hydrogen (secondary N) is 1. The Kier molecular flexibility index (Phi) is 4.11. The smallest absolute Gasteiger partial charge is 0.286 e. The number of nitrogen functional groups attached to an aromatic ring is 1.